The van der Waals surface area contributed by atoms with Gasteiger partial charge in [-0.2, -0.15) is 5.26 Å². The molecular weight excluding hydrogens is 322 g/mol. The molecule has 0 amide bonds. The van der Waals surface area contributed by atoms with E-state index in [0.717, 1.165) is 12.8 Å². The number of hydrogen-bond donors (Lipinski definition) is 0. The number of sulfonamides is 1. The molecule has 0 saturated carbocycles. The zero-order valence-electron chi connectivity index (χ0n) is 13.3. The quantitative estimate of drug-likeness (QED) is 0.857. The highest BCUT2D eigenvalue weighted by atomic mass is 32.2. The number of nitriles is 1. The van der Waals surface area contributed by atoms with Gasteiger partial charge in [0, 0.05) is 25.5 Å². The van der Waals surface area contributed by atoms with E-state index in [1.807, 2.05) is 18.2 Å². The van der Waals surface area contributed by atoms with Crippen LogP contribution in [-0.2, 0) is 15.8 Å². The third-order valence-corrected chi connectivity index (χ3v) is 6.28. The first kappa shape index (κ1) is 16.6. The molecule has 1 aliphatic rings. The summed E-state index contributed by atoms with van der Waals surface area (Å²) in [4.78, 5) is 4.03. The van der Waals surface area contributed by atoms with Crippen molar-refractivity contribution in [2.45, 2.75) is 24.5 Å². The molecule has 1 fully saturated rings. The largest absolute Gasteiger partial charge is 0.265 e. The van der Waals surface area contributed by atoms with Crippen molar-refractivity contribution in [2.24, 2.45) is 0 Å². The molecule has 1 aliphatic heterocycles. The van der Waals surface area contributed by atoms with Crippen LogP contribution in [0.1, 0.15) is 35.4 Å². The summed E-state index contributed by atoms with van der Waals surface area (Å²) in [6, 6.07) is 12.8. The molecule has 0 atom stereocenters. The summed E-state index contributed by atoms with van der Waals surface area (Å²) in [5, 5.41) is 8.93. The lowest BCUT2D eigenvalue weighted by molar-refractivity contribution is 0.319. The van der Waals surface area contributed by atoms with Gasteiger partial charge in [-0.25, -0.2) is 12.7 Å². The minimum atomic E-state index is -3.36. The molecule has 6 heteroatoms. The average molecular weight is 341 g/mol. The van der Waals surface area contributed by atoms with Gasteiger partial charge in [0.2, 0.25) is 10.0 Å². The first-order valence-corrected chi connectivity index (χ1v) is 9.56. The van der Waals surface area contributed by atoms with E-state index < -0.39 is 10.0 Å². The van der Waals surface area contributed by atoms with Crippen molar-refractivity contribution in [1.82, 2.24) is 9.29 Å². The molecule has 124 valence electrons. The standard InChI is InChI=1S/C18H19N3O2S/c19-13-15-2-1-3-16(12-15)14-24(22,23)21-10-6-18(7-11-21)17-4-8-20-9-5-17/h1-5,8-9,12,18H,6-7,10-11,14H2. The Morgan fingerprint density at radius 1 is 1.17 bits per heavy atom. The maximum absolute atomic E-state index is 12.6. The second-order valence-corrected chi connectivity index (χ2v) is 7.99. The molecule has 1 aromatic heterocycles. The second-order valence-electron chi connectivity index (χ2n) is 6.02. The van der Waals surface area contributed by atoms with E-state index >= 15 is 0 Å². The average Bonchev–Trinajstić information content (AvgIpc) is 2.62. The number of nitrogens with zero attached hydrogens (tertiary/aromatic N) is 3. The molecule has 0 spiro atoms. The van der Waals surface area contributed by atoms with E-state index in [0.29, 0.717) is 30.1 Å². The first-order valence-electron chi connectivity index (χ1n) is 7.95. The topological polar surface area (TPSA) is 74.1 Å². The fraction of sp³-hybridized carbons (Fsp3) is 0.333. The van der Waals surface area contributed by atoms with Gasteiger partial charge >= 0.3 is 0 Å². The Hall–Kier alpha value is -2.23. The second kappa shape index (κ2) is 7.12. The van der Waals surface area contributed by atoms with Crippen LogP contribution in [-0.4, -0.2) is 30.8 Å². The fourth-order valence-corrected chi connectivity index (χ4v) is 4.69. The predicted molar refractivity (Wildman–Crippen MR) is 91.6 cm³/mol. The van der Waals surface area contributed by atoms with Crippen LogP contribution < -0.4 is 0 Å². The zero-order chi connectivity index (χ0) is 17.0. The third-order valence-electron chi connectivity index (χ3n) is 4.43. The molecule has 5 nitrogen and oxygen atoms in total. The predicted octanol–water partition coefficient (Wildman–Crippen LogP) is 2.66. The summed E-state index contributed by atoms with van der Waals surface area (Å²) in [7, 11) is -3.36. The van der Waals surface area contributed by atoms with Crippen molar-refractivity contribution < 1.29 is 8.42 Å². The monoisotopic (exact) mass is 341 g/mol. The maximum atomic E-state index is 12.6. The van der Waals surface area contributed by atoms with Crippen LogP contribution in [0.2, 0.25) is 0 Å². The molecule has 2 aromatic rings. The molecule has 1 aromatic carbocycles. The lowest BCUT2D eigenvalue weighted by atomic mass is 9.91. The smallest absolute Gasteiger partial charge is 0.218 e. The van der Waals surface area contributed by atoms with Crippen molar-refractivity contribution in [1.29, 1.82) is 5.26 Å². The summed E-state index contributed by atoms with van der Waals surface area (Å²) in [6.07, 6.45) is 5.20. The summed E-state index contributed by atoms with van der Waals surface area (Å²) >= 11 is 0. The van der Waals surface area contributed by atoms with Crippen molar-refractivity contribution in [3.63, 3.8) is 0 Å². The van der Waals surface area contributed by atoms with Crippen molar-refractivity contribution >= 4 is 10.0 Å². The Kier molecular flexibility index (Phi) is 4.93. The molecule has 0 aliphatic carbocycles. The SMILES string of the molecule is N#Cc1cccc(CS(=O)(=O)N2CCC(c3ccncc3)CC2)c1. The van der Waals surface area contributed by atoms with Gasteiger partial charge in [0.05, 0.1) is 17.4 Å². The van der Waals surface area contributed by atoms with Gasteiger partial charge in [-0.1, -0.05) is 12.1 Å². The molecule has 0 radical (unpaired) electrons. The summed E-state index contributed by atoms with van der Waals surface area (Å²) in [6.45, 7) is 1.07. The molecule has 0 bridgehead atoms. The maximum Gasteiger partial charge on any atom is 0.218 e. The molecule has 1 saturated heterocycles. The van der Waals surface area contributed by atoms with Gasteiger partial charge < -0.3 is 0 Å². The van der Waals surface area contributed by atoms with Crippen LogP contribution in [0, 0.1) is 11.3 Å². The highest BCUT2D eigenvalue weighted by Gasteiger charge is 2.28. The molecule has 0 N–H and O–H groups in total. The Labute approximate surface area is 142 Å². The lowest BCUT2D eigenvalue weighted by Gasteiger charge is -2.31. The number of hydrogen-bond acceptors (Lipinski definition) is 4. The van der Waals surface area contributed by atoms with Gasteiger partial charge in [0.15, 0.2) is 0 Å². The highest BCUT2D eigenvalue weighted by molar-refractivity contribution is 7.88. The van der Waals surface area contributed by atoms with Crippen LogP contribution in [0.3, 0.4) is 0 Å². The van der Waals surface area contributed by atoms with Gasteiger partial charge in [0.25, 0.3) is 0 Å². The van der Waals surface area contributed by atoms with E-state index in [-0.39, 0.29) is 5.75 Å². The van der Waals surface area contributed by atoms with Gasteiger partial charge in [-0.15, -0.1) is 0 Å². The minimum absolute atomic E-state index is 0.0531. The lowest BCUT2D eigenvalue weighted by Crippen LogP contribution is -2.38. The Balaban J connectivity index is 1.65. The third kappa shape index (κ3) is 3.81. The fourth-order valence-electron chi connectivity index (χ4n) is 3.14. The number of pyridine rings is 1. The minimum Gasteiger partial charge on any atom is -0.265 e. The number of piperidine rings is 1. The summed E-state index contributed by atoms with van der Waals surface area (Å²) < 4.78 is 26.8. The molecular formula is C18H19N3O2S. The van der Waals surface area contributed by atoms with Crippen molar-refractivity contribution in [2.75, 3.05) is 13.1 Å². The number of benzene rings is 1. The molecule has 0 unspecified atom stereocenters. The van der Waals surface area contributed by atoms with E-state index in [1.165, 1.54) is 5.56 Å². The molecule has 24 heavy (non-hydrogen) atoms. The molecule has 3 rings (SSSR count). The van der Waals surface area contributed by atoms with Gasteiger partial charge in [0.1, 0.15) is 0 Å². The van der Waals surface area contributed by atoms with Crippen LogP contribution in [0.15, 0.2) is 48.8 Å². The highest BCUT2D eigenvalue weighted by Crippen LogP contribution is 2.29. The van der Waals surface area contributed by atoms with Crippen LogP contribution in [0.25, 0.3) is 0 Å². The van der Waals surface area contributed by atoms with Gasteiger partial charge in [-0.05, 0) is 54.2 Å². The Morgan fingerprint density at radius 3 is 2.54 bits per heavy atom. The van der Waals surface area contributed by atoms with Crippen LogP contribution >= 0.6 is 0 Å². The normalized spacial score (nSPS) is 16.6. The summed E-state index contributed by atoms with van der Waals surface area (Å²) in [5.74, 6) is 0.337. The Bertz CT molecular complexity index is 836. The van der Waals surface area contributed by atoms with E-state index in [1.54, 1.807) is 41.0 Å². The van der Waals surface area contributed by atoms with E-state index in [9.17, 15) is 8.42 Å². The summed E-state index contributed by atoms with van der Waals surface area (Å²) in [5.41, 5.74) is 2.37. The van der Waals surface area contributed by atoms with E-state index in [2.05, 4.69) is 4.98 Å². The van der Waals surface area contributed by atoms with Crippen LogP contribution in [0.4, 0.5) is 0 Å². The Morgan fingerprint density at radius 2 is 1.88 bits per heavy atom. The first-order chi connectivity index (χ1) is 11.6. The van der Waals surface area contributed by atoms with E-state index in [4.69, 9.17) is 5.26 Å². The number of aromatic nitrogens is 1. The van der Waals surface area contributed by atoms with Crippen molar-refractivity contribution in [3.8, 4) is 6.07 Å². The van der Waals surface area contributed by atoms with Gasteiger partial charge in [-0.3, -0.25) is 4.98 Å². The van der Waals surface area contributed by atoms with Crippen LogP contribution in [0.5, 0.6) is 0 Å². The zero-order valence-corrected chi connectivity index (χ0v) is 14.1. The molecule has 2 heterocycles. The van der Waals surface area contributed by atoms with Crippen molar-refractivity contribution in [3.05, 3.63) is 65.5 Å². The number of rotatable bonds is 4.